The van der Waals surface area contributed by atoms with Crippen molar-refractivity contribution in [3.8, 4) is 0 Å². The second-order valence-corrected chi connectivity index (χ2v) is 6.68. The molecule has 3 rings (SSSR count). The second-order valence-electron chi connectivity index (χ2n) is 5.83. The van der Waals surface area contributed by atoms with E-state index in [2.05, 4.69) is 21.2 Å². The molecule has 1 aromatic rings. The smallest absolute Gasteiger partial charge is 0.338 e. The number of halogens is 1. The fraction of sp³-hybridized carbons (Fsp3) is 0.500. The minimum absolute atomic E-state index is 0.0896. The molecule has 0 aromatic heterocycles. The number of benzene rings is 1. The lowest BCUT2D eigenvalue weighted by Crippen LogP contribution is -2.21. The summed E-state index contributed by atoms with van der Waals surface area (Å²) >= 11 is 3.40. The number of carbonyl (C=O) groups excluding carboxylic acids is 2. The lowest BCUT2D eigenvalue weighted by molar-refractivity contribution is -0.120. The quantitative estimate of drug-likeness (QED) is 0.843. The van der Waals surface area contributed by atoms with Gasteiger partial charge in [0.15, 0.2) is 0 Å². The molecule has 4 nitrogen and oxygen atoms in total. The Kier molecular flexibility index (Phi) is 4.02. The molecule has 2 aliphatic carbocycles. The average molecular weight is 352 g/mol. The van der Waals surface area contributed by atoms with Gasteiger partial charge < -0.3 is 10.1 Å². The van der Waals surface area contributed by atoms with Crippen LogP contribution in [-0.2, 0) is 9.53 Å². The van der Waals surface area contributed by atoms with Crippen LogP contribution in [0.1, 0.15) is 36.5 Å². The summed E-state index contributed by atoms with van der Waals surface area (Å²) in [6.07, 6.45) is 3.35. The summed E-state index contributed by atoms with van der Waals surface area (Å²) in [5, 5.41) is 2.95. The van der Waals surface area contributed by atoms with E-state index in [1.165, 1.54) is 6.42 Å². The third-order valence-corrected chi connectivity index (χ3v) is 5.01. The summed E-state index contributed by atoms with van der Waals surface area (Å²) in [4.78, 5) is 23.9. The molecule has 1 aromatic carbocycles. The van der Waals surface area contributed by atoms with E-state index < -0.39 is 0 Å². The highest BCUT2D eigenvalue weighted by Gasteiger charge is 2.48. The molecule has 0 radical (unpaired) electrons. The maximum atomic E-state index is 12.2. The predicted octanol–water partition coefficient (Wildman–Crippen LogP) is 3.61. The van der Waals surface area contributed by atoms with Crippen molar-refractivity contribution in [3.05, 3.63) is 28.2 Å². The monoisotopic (exact) mass is 351 g/mol. The Morgan fingerprint density at radius 2 is 2.00 bits per heavy atom. The molecule has 0 saturated heterocycles. The molecule has 112 valence electrons. The van der Waals surface area contributed by atoms with Gasteiger partial charge in [0.25, 0.3) is 0 Å². The molecular weight excluding hydrogens is 334 g/mol. The molecular formula is C16H18BrNO3. The third-order valence-electron chi connectivity index (χ3n) is 4.35. The van der Waals surface area contributed by atoms with E-state index in [4.69, 9.17) is 4.74 Å². The average Bonchev–Trinajstić information content (AvgIpc) is 3.07. The van der Waals surface area contributed by atoms with Crippen LogP contribution in [0.15, 0.2) is 22.7 Å². The summed E-state index contributed by atoms with van der Waals surface area (Å²) < 4.78 is 5.65. The zero-order valence-corrected chi connectivity index (χ0v) is 13.5. The minimum Gasteiger partial charge on any atom is -0.462 e. The van der Waals surface area contributed by atoms with Gasteiger partial charge in [-0.05, 0) is 72.2 Å². The Bertz CT molecular complexity index is 577. The van der Waals surface area contributed by atoms with Crippen molar-refractivity contribution in [2.75, 3.05) is 11.9 Å². The molecule has 1 N–H and O–H groups in total. The molecule has 0 bridgehead atoms. The van der Waals surface area contributed by atoms with Gasteiger partial charge in [-0.25, -0.2) is 4.79 Å². The topological polar surface area (TPSA) is 55.4 Å². The highest BCUT2D eigenvalue weighted by atomic mass is 79.9. The van der Waals surface area contributed by atoms with E-state index in [0.29, 0.717) is 22.3 Å². The number of hydrogen-bond donors (Lipinski definition) is 1. The Morgan fingerprint density at radius 1 is 1.29 bits per heavy atom. The highest BCUT2D eigenvalue weighted by Crippen LogP contribution is 2.54. The van der Waals surface area contributed by atoms with Crippen LogP contribution in [0, 0.1) is 17.8 Å². The number of rotatable bonds is 4. The van der Waals surface area contributed by atoms with Crippen molar-refractivity contribution in [3.63, 3.8) is 0 Å². The Balaban J connectivity index is 1.65. The van der Waals surface area contributed by atoms with Crippen LogP contribution < -0.4 is 5.32 Å². The lowest BCUT2D eigenvalue weighted by Gasteiger charge is -2.14. The van der Waals surface area contributed by atoms with Crippen LogP contribution in [0.3, 0.4) is 0 Å². The number of nitrogens with one attached hydrogen (secondary N) is 1. The van der Waals surface area contributed by atoms with Gasteiger partial charge in [-0.3, -0.25) is 4.79 Å². The summed E-state index contributed by atoms with van der Waals surface area (Å²) in [6.45, 7) is 2.12. The molecule has 0 heterocycles. The Hall–Kier alpha value is -1.36. The zero-order valence-electron chi connectivity index (χ0n) is 11.9. The normalized spacial score (nSPS) is 26.1. The zero-order chi connectivity index (χ0) is 15.0. The molecule has 2 unspecified atom stereocenters. The summed E-state index contributed by atoms with van der Waals surface area (Å²) in [7, 11) is 0. The van der Waals surface area contributed by atoms with E-state index in [0.717, 1.165) is 24.7 Å². The summed E-state index contributed by atoms with van der Waals surface area (Å²) in [5.41, 5.74) is 1.18. The van der Waals surface area contributed by atoms with Gasteiger partial charge in [0.2, 0.25) is 5.91 Å². The molecule has 2 atom stereocenters. The van der Waals surface area contributed by atoms with E-state index in [1.54, 1.807) is 25.1 Å². The maximum absolute atomic E-state index is 12.2. The van der Waals surface area contributed by atoms with Crippen molar-refractivity contribution in [1.29, 1.82) is 0 Å². The van der Waals surface area contributed by atoms with Gasteiger partial charge in [0.05, 0.1) is 17.9 Å². The highest BCUT2D eigenvalue weighted by molar-refractivity contribution is 9.10. The number of anilines is 1. The molecule has 2 fully saturated rings. The summed E-state index contributed by atoms with van der Waals surface area (Å²) in [5.74, 6) is 1.45. The van der Waals surface area contributed by atoms with Crippen LogP contribution in [0.5, 0.6) is 0 Å². The molecule has 2 saturated carbocycles. The van der Waals surface area contributed by atoms with Gasteiger partial charge in [0.1, 0.15) is 0 Å². The number of fused-ring (bicyclic) bond motifs is 1. The van der Waals surface area contributed by atoms with Crippen LogP contribution in [-0.4, -0.2) is 18.5 Å². The summed E-state index contributed by atoms with van der Waals surface area (Å²) in [6, 6.07) is 5.09. The molecule has 5 heteroatoms. The van der Waals surface area contributed by atoms with Crippen LogP contribution in [0.4, 0.5) is 5.69 Å². The van der Waals surface area contributed by atoms with Crippen molar-refractivity contribution in [2.24, 2.45) is 17.8 Å². The first-order chi connectivity index (χ1) is 10.1. The van der Waals surface area contributed by atoms with Gasteiger partial charge >= 0.3 is 5.97 Å². The van der Waals surface area contributed by atoms with Crippen LogP contribution in [0.25, 0.3) is 0 Å². The first-order valence-corrected chi connectivity index (χ1v) is 8.15. The second kappa shape index (κ2) is 5.79. The number of esters is 1. The van der Waals surface area contributed by atoms with E-state index in [1.807, 2.05) is 0 Å². The van der Waals surface area contributed by atoms with Crippen molar-refractivity contribution in [2.45, 2.75) is 26.2 Å². The molecule has 21 heavy (non-hydrogen) atoms. The van der Waals surface area contributed by atoms with Crippen LogP contribution >= 0.6 is 15.9 Å². The molecule has 1 amide bonds. The Labute approximate surface area is 132 Å². The first kappa shape index (κ1) is 14.6. The number of ether oxygens (including phenoxy) is 1. The van der Waals surface area contributed by atoms with E-state index in [9.17, 15) is 9.59 Å². The standard InChI is InChI=1S/C16H18BrNO3/c1-2-21-16(20)9-3-4-14(13(17)8-9)18-15(19)12-6-10-5-11(10)7-12/h3-4,8,10-12H,2,5-7H2,1H3,(H,18,19). The van der Waals surface area contributed by atoms with Crippen molar-refractivity contribution < 1.29 is 14.3 Å². The Morgan fingerprint density at radius 3 is 2.62 bits per heavy atom. The first-order valence-electron chi connectivity index (χ1n) is 7.36. The minimum atomic E-state index is -0.355. The molecule has 0 aliphatic heterocycles. The molecule has 2 aliphatic rings. The van der Waals surface area contributed by atoms with Gasteiger partial charge in [-0.1, -0.05) is 0 Å². The van der Waals surface area contributed by atoms with Gasteiger partial charge in [-0.2, -0.15) is 0 Å². The largest absolute Gasteiger partial charge is 0.462 e. The van der Waals surface area contributed by atoms with Gasteiger partial charge in [-0.15, -0.1) is 0 Å². The fourth-order valence-electron chi connectivity index (χ4n) is 3.12. The molecule has 0 spiro atoms. The van der Waals surface area contributed by atoms with E-state index in [-0.39, 0.29) is 17.8 Å². The lowest BCUT2D eigenvalue weighted by atomic mass is 10.0. The van der Waals surface area contributed by atoms with E-state index >= 15 is 0 Å². The van der Waals surface area contributed by atoms with Crippen molar-refractivity contribution >= 4 is 33.5 Å². The van der Waals surface area contributed by atoms with Crippen molar-refractivity contribution in [1.82, 2.24) is 0 Å². The number of hydrogen-bond acceptors (Lipinski definition) is 3. The maximum Gasteiger partial charge on any atom is 0.338 e. The number of amides is 1. The predicted molar refractivity (Wildman–Crippen MR) is 83.0 cm³/mol. The third kappa shape index (κ3) is 3.12. The number of carbonyl (C=O) groups is 2. The van der Waals surface area contributed by atoms with Crippen LogP contribution in [0.2, 0.25) is 0 Å². The fourth-order valence-corrected chi connectivity index (χ4v) is 3.60. The SMILES string of the molecule is CCOC(=O)c1ccc(NC(=O)C2CC3CC3C2)c(Br)c1. The van der Waals surface area contributed by atoms with Gasteiger partial charge in [0, 0.05) is 10.4 Å².